The summed E-state index contributed by atoms with van der Waals surface area (Å²) >= 11 is 0. The summed E-state index contributed by atoms with van der Waals surface area (Å²) < 4.78 is 37.2. The lowest BCUT2D eigenvalue weighted by atomic mass is 10.2. The normalized spacial score (nSPS) is 11.6. The molecule has 0 unspecified atom stereocenters. The molecule has 0 bridgehead atoms. The van der Waals surface area contributed by atoms with Crippen molar-refractivity contribution in [2.24, 2.45) is 0 Å². The summed E-state index contributed by atoms with van der Waals surface area (Å²) in [6.45, 7) is 0.304. The van der Waals surface area contributed by atoms with Gasteiger partial charge in [0, 0.05) is 12.4 Å². The second-order valence-electron chi connectivity index (χ2n) is 4.21. The second-order valence-corrected chi connectivity index (χ2v) is 4.21. The first-order valence-electron chi connectivity index (χ1n) is 5.61. The molecule has 0 saturated heterocycles. The smallest absolute Gasteiger partial charge is 0.343 e. The van der Waals surface area contributed by atoms with Crippen LogP contribution in [0.4, 0.5) is 13.2 Å². The topological polar surface area (TPSA) is 63.5 Å². The van der Waals surface area contributed by atoms with Crippen LogP contribution in [0.2, 0.25) is 0 Å². The molecular formula is C12H10F3N3O2. The molecular weight excluding hydrogens is 275 g/mol. The van der Waals surface area contributed by atoms with Crippen LogP contribution in [0.1, 0.15) is 15.9 Å². The first-order chi connectivity index (χ1) is 9.28. The number of rotatable bonds is 2. The highest BCUT2D eigenvalue weighted by molar-refractivity contribution is 5.93. The number of hydrogen-bond donors (Lipinski definition) is 1. The van der Waals surface area contributed by atoms with E-state index in [-0.39, 0.29) is 0 Å². The van der Waals surface area contributed by atoms with E-state index in [9.17, 15) is 22.8 Å². The maximum absolute atomic E-state index is 12.0. The molecule has 0 aliphatic rings. The third-order valence-corrected chi connectivity index (χ3v) is 2.56. The van der Waals surface area contributed by atoms with Gasteiger partial charge >= 0.3 is 6.18 Å². The maximum Gasteiger partial charge on any atom is 0.405 e. The average Bonchev–Trinajstić information content (AvgIpc) is 2.35. The van der Waals surface area contributed by atoms with Crippen LogP contribution in [-0.4, -0.2) is 28.0 Å². The number of fused-ring (bicyclic) bond motifs is 1. The molecule has 0 atom stereocenters. The molecule has 2 aromatic heterocycles. The zero-order valence-corrected chi connectivity index (χ0v) is 10.4. The Morgan fingerprint density at radius 2 is 2.15 bits per heavy atom. The van der Waals surface area contributed by atoms with Crippen LogP contribution in [0.5, 0.6) is 0 Å². The van der Waals surface area contributed by atoms with Gasteiger partial charge in [0.1, 0.15) is 17.8 Å². The molecule has 0 aliphatic heterocycles. The van der Waals surface area contributed by atoms with Gasteiger partial charge in [-0.3, -0.25) is 14.0 Å². The standard InChI is InChI=1S/C12H10F3N3O2/c1-7-2-3-18-9(4-7)16-5-8(11(18)20)10(19)17-6-12(13,14)15/h2-5H,6H2,1H3,(H,17,19). The van der Waals surface area contributed by atoms with Gasteiger partial charge in [-0.2, -0.15) is 13.2 Å². The third-order valence-electron chi connectivity index (χ3n) is 2.56. The number of halogens is 3. The van der Waals surface area contributed by atoms with Crippen LogP contribution in [0.25, 0.3) is 5.65 Å². The zero-order chi connectivity index (χ0) is 14.9. The molecule has 0 aliphatic carbocycles. The van der Waals surface area contributed by atoms with Crippen molar-refractivity contribution in [2.75, 3.05) is 6.54 Å². The van der Waals surface area contributed by atoms with E-state index in [4.69, 9.17) is 0 Å². The Morgan fingerprint density at radius 1 is 1.45 bits per heavy atom. The summed E-state index contributed by atoms with van der Waals surface area (Å²) in [7, 11) is 0. The van der Waals surface area contributed by atoms with Gasteiger partial charge < -0.3 is 5.32 Å². The van der Waals surface area contributed by atoms with E-state index in [1.165, 1.54) is 6.20 Å². The first-order valence-corrected chi connectivity index (χ1v) is 5.61. The molecule has 5 nitrogen and oxygen atoms in total. The highest BCUT2D eigenvalue weighted by Gasteiger charge is 2.28. The largest absolute Gasteiger partial charge is 0.405 e. The lowest BCUT2D eigenvalue weighted by Crippen LogP contribution is -2.37. The Morgan fingerprint density at radius 3 is 2.80 bits per heavy atom. The molecule has 1 amide bonds. The van der Waals surface area contributed by atoms with Gasteiger partial charge in [0.25, 0.3) is 11.5 Å². The minimum atomic E-state index is -4.53. The van der Waals surface area contributed by atoms with Gasteiger partial charge in [0.15, 0.2) is 0 Å². The van der Waals surface area contributed by atoms with Crippen molar-refractivity contribution in [1.29, 1.82) is 0 Å². The number of alkyl halides is 3. The van der Waals surface area contributed by atoms with E-state index >= 15 is 0 Å². The molecule has 20 heavy (non-hydrogen) atoms. The summed E-state index contributed by atoms with van der Waals surface area (Å²) in [6, 6.07) is 3.26. The molecule has 2 heterocycles. The van der Waals surface area contributed by atoms with Crippen molar-refractivity contribution in [3.8, 4) is 0 Å². The van der Waals surface area contributed by atoms with Crippen LogP contribution in [0, 0.1) is 6.92 Å². The number of aryl methyl sites for hydroxylation is 1. The number of carbonyl (C=O) groups excluding carboxylic acids is 1. The fourth-order valence-corrected chi connectivity index (χ4v) is 1.61. The third kappa shape index (κ3) is 2.95. The Labute approximate surface area is 111 Å². The van der Waals surface area contributed by atoms with Crippen molar-refractivity contribution in [3.63, 3.8) is 0 Å². The summed E-state index contributed by atoms with van der Waals surface area (Å²) in [5.41, 5.74) is 0.0406. The van der Waals surface area contributed by atoms with Gasteiger partial charge in [-0.05, 0) is 24.6 Å². The van der Waals surface area contributed by atoms with Gasteiger partial charge in [-0.15, -0.1) is 0 Å². The van der Waals surface area contributed by atoms with E-state index in [0.717, 1.165) is 16.2 Å². The van der Waals surface area contributed by atoms with E-state index in [0.29, 0.717) is 5.65 Å². The molecule has 0 fully saturated rings. The Hall–Kier alpha value is -2.38. The van der Waals surface area contributed by atoms with Gasteiger partial charge in [-0.25, -0.2) is 4.98 Å². The van der Waals surface area contributed by atoms with Crippen molar-refractivity contribution in [2.45, 2.75) is 13.1 Å². The quantitative estimate of drug-likeness (QED) is 0.904. The Kier molecular flexibility index (Phi) is 3.47. The average molecular weight is 285 g/mol. The van der Waals surface area contributed by atoms with Crippen molar-refractivity contribution in [3.05, 3.63) is 46.0 Å². The molecule has 1 N–H and O–H groups in total. The number of hydrogen-bond acceptors (Lipinski definition) is 3. The fraction of sp³-hybridized carbons (Fsp3) is 0.250. The fourth-order valence-electron chi connectivity index (χ4n) is 1.61. The summed E-state index contributed by atoms with van der Waals surface area (Å²) in [5, 5.41) is 1.64. The number of nitrogens with one attached hydrogen (secondary N) is 1. The van der Waals surface area contributed by atoms with Crippen LogP contribution < -0.4 is 10.9 Å². The van der Waals surface area contributed by atoms with Crippen LogP contribution >= 0.6 is 0 Å². The first kappa shape index (κ1) is 14.0. The molecule has 0 saturated carbocycles. The molecule has 106 valence electrons. The van der Waals surface area contributed by atoms with Crippen molar-refractivity contribution < 1.29 is 18.0 Å². The minimum Gasteiger partial charge on any atom is -0.343 e. The van der Waals surface area contributed by atoms with Crippen LogP contribution in [0.15, 0.2) is 29.3 Å². The van der Waals surface area contributed by atoms with Crippen molar-refractivity contribution >= 4 is 11.6 Å². The SMILES string of the molecule is Cc1ccn2c(=O)c(C(=O)NCC(F)(F)F)cnc2c1. The maximum atomic E-state index is 12.0. The Bertz CT molecular complexity index is 722. The number of amides is 1. The Balaban J connectivity index is 2.36. The highest BCUT2D eigenvalue weighted by atomic mass is 19.4. The molecule has 0 spiro atoms. The summed E-state index contributed by atoms with van der Waals surface area (Å²) in [5.74, 6) is -1.10. The van der Waals surface area contributed by atoms with E-state index < -0.39 is 29.8 Å². The summed E-state index contributed by atoms with van der Waals surface area (Å²) in [6.07, 6.45) is -2.14. The lowest BCUT2D eigenvalue weighted by Gasteiger charge is -2.08. The van der Waals surface area contributed by atoms with E-state index in [1.807, 2.05) is 0 Å². The number of pyridine rings is 1. The van der Waals surface area contributed by atoms with E-state index in [1.54, 1.807) is 24.4 Å². The monoisotopic (exact) mass is 285 g/mol. The van der Waals surface area contributed by atoms with E-state index in [2.05, 4.69) is 4.98 Å². The number of nitrogens with zero attached hydrogens (tertiary/aromatic N) is 2. The van der Waals surface area contributed by atoms with Gasteiger partial charge in [-0.1, -0.05) is 0 Å². The molecule has 0 radical (unpaired) electrons. The van der Waals surface area contributed by atoms with Crippen LogP contribution in [0.3, 0.4) is 0 Å². The van der Waals surface area contributed by atoms with Gasteiger partial charge in [0.2, 0.25) is 0 Å². The second kappa shape index (κ2) is 4.95. The molecule has 2 aromatic rings. The minimum absolute atomic E-state index is 0.322. The predicted octanol–water partition coefficient (Wildman–Crippen LogP) is 1.30. The number of carbonyl (C=O) groups is 1. The van der Waals surface area contributed by atoms with Crippen molar-refractivity contribution in [1.82, 2.24) is 14.7 Å². The lowest BCUT2D eigenvalue weighted by molar-refractivity contribution is -0.123. The zero-order valence-electron chi connectivity index (χ0n) is 10.4. The summed E-state index contributed by atoms with van der Waals surface area (Å²) in [4.78, 5) is 27.4. The van der Waals surface area contributed by atoms with Gasteiger partial charge in [0.05, 0.1) is 0 Å². The van der Waals surface area contributed by atoms with Crippen LogP contribution in [-0.2, 0) is 0 Å². The molecule has 0 aromatic carbocycles. The molecule has 8 heteroatoms. The predicted molar refractivity (Wildman–Crippen MR) is 64.6 cm³/mol. The highest BCUT2D eigenvalue weighted by Crippen LogP contribution is 2.12. The molecule has 2 rings (SSSR count). The number of aromatic nitrogens is 2.